The van der Waals surface area contributed by atoms with Crippen LogP contribution >= 0.6 is 27.7 Å². The smallest absolute Gasteiger partial charge is 0.151 e. The fraction of sp³-hybridized carbons (Fsp3) is 0.0714. The summed E-state index contributed by atoms with van der Waals surface area (Å²) in [5.41, 5.74) is 1.93. The molecule has 0 heterocycles. The van der Waals surface area contributed by atoms with Gasteiger partial charge in [-0.05, 0) is 37.3 Å². The second-order valence-corrected chi connectivity index (χ2v) is 5.72. The zero-order chi connectivity index (χ0) is 12.3. The van der Waals surface area contributed by atoms with Crippen LogP contribution in [0.5, 0.6) is 0 Å². The summed E-state index contributed by atoms with van der Waals surface area (Å²) in [5, 5.41) is 0. The molecule has 0 N–H and O–H groups in total. The molecule has 0 unspecified atom stereocenters. The minimum Gasteiger partial charge on any atom is -0.298 e. The van der Waals surface area contributed by atoms with Crippen LogP contribution in [0.4, 0.5) is 0 Å². The van der Waals surface area contributed by atoms with E-state index in [0.717, 1.165) is 15.7 Å². The summed E-state index contributed by atoms with van der Waals surface area (Å²) in [5.74, 6) is 0. The number of carbonyl (C=O) groups is 1. The van der Waals surface area contributed by atoms with Gasteiger partial charge < -0.3 is 0 Å². The van der Waals surface area contributed by atoms with Crippen molar-refractivity contribution < 1.29 is 4.79 Å². The van der Waals surface area contributed by atoms with E-state index < -0.39 is 0 Å². The molecule has 0 spiro atoms. The molecule has 0 aliphatic rings. The minimum atomic E-state index is 0.679. The maximum absolute atomic E-state index is 10.7. The Balaban J connectivity index is 2.24. The van der Waals surface area contributed by atoms with Gasteiger partial charge in [0.2, 0.25) is 0 Å². The highest BCUT2D eigenvalue weighted by atomic mass is 79.9. The molecule has 86 valence electrons. The number of rotatable bonds is 3. The Bertz CT molecular complexity index is 552. The third-order valence-electron chi connectivity index (χ3n) is 2.32. The van der Waals surface area contributed by atoms with Crippen LogP contribution in [0, 0.1) is 6.92 Å². The first-order chi connectivity index (χ1) is 8.19. The summed E-state index contributed by atoms with van der Waals surface area (Å²) >= 11 is 5.08. The largest absolute Gasteiger partial charge is 0.298 e. The van der Waals surface area contributed by atoms with Gasteiger partial charge in [0.25, 0.3) is 0 Å². The van der Waals surface area contributed by atoms with Crippen molar-refractivity contribution in [3.05, 3.63) is 58.1 Å². The van der Waals surface area contributed by atoms with Gasteiger partial charge in [-0.3, -0.25) is 4.79 Å². The van der Waals surface area contributed by atoms with Gasteiger partial charge in [-0.1, -0.05) is 45.4 Å². The summed E-state index contributed by atoms with van der Waals surface area (Å²) in [6, 6.07) is 14.1. The van der Waals surface area contributed by atoms with Crippen LogP contribution in [0.3, 0.4) is 0 Å². The lowest BCUT2D eigenvalue weighted by Gasteiger charge is -2.04. The van der Waals surface area contributed by atoms with Crippen molar-refractivity contribution in [2.75, 3.05) is 0 Å². The first-order valence-corrected chi connectivity index (χ1v) is 6.79. The zero-order valence-electron chi connectivity index (χ0n) is 9.31. The van der Waals surface area contributed by atoms with Crippen molar-refractivity contribution >= 4 is 34.0 Å². The molecule has 3 heteroatoms. The van der Waals surface area contributed by atoms with Crippen LogP contribution < -0.4 is 0 Å². The van der Waals surface area contributed by atoms with E-state index in [1.165, 1.54) is 10.5 Å². The van der Waals surface area contributed by atoms with E-state index in [1.54, 1.807) is 11.8 Å². The van der Waals surface area contributed by atoms with Gasteiger partial charge in [0.15, 0.2) is 6.29 Å². The van der Waals surface area contributed by atoms with Gasteiger partial charge in [-0.25, -0.2) is 0 Å². The van der Waals surface area contributed by atoms with Crippen molar-refractivity contribution in [1.29, 1.82) is 0 Å². The topological polar surface area (TPSA) is 17.1 Å². The third-order valence-corrected chi connectivity index (χ3v) is 3.99. The number of hydrogen-bond acceptors (Lipinski definition) is 2. The number of halogens is 1. The Morgan fingerprint density at radius 1 is 1.12 bits per heavy atom. The SMILES string of the molecule is Cc1cccc(Sc2ccc(C=O)c(Br)c2)c1. The van der Waals surface area contributed by atoms with Crippen LogP contribution in [0.1, 0.15) is 15.9 Å². The van der Waals surface area contributed by atoms with Crippen LogP contribution in [0.2, 0.25) is 0 Å². The van der Waals surface area contributed by atoms with E-state index in [0.29, 0.717) is 5.56 Å². The van der Waals surface area contributed by atoms with Crippen LogP contribution in [-0.2, 0) is 0 Å². The van der Waals surface area contributed by atoms with Crippen molar-refractivity contribution in [3.8, 4) is 0 Å². The molecule has 1 nitrogen and oxygen atoms in total. The first-order valence-electron chi connectivity index (χ1n) is 5.18. The quantitative estimate of drug-likeness (QED) is 0.763. The Morgan fingerprint density at radius 3 is 2.53 bits per heavy atom. The van der Waals surface area contributed by atoms with Crippen LogP contribution in [0.15, 0.2) is 56.7 Å². The lowest BCUT2D eigenvalue weighted by Crippen LogP contribution is -1.83. The molecule has 0 saturated carbocycles. The molecule has 0 bridgehead atoms. The third kappa shape index (κ3) is 3.20. The van der Waals surface area contributed by atoms with Gasteiger partial charge >= 0.3 is 0 Å². The summed E-state index contributed by atoms with van der Waals surface area (Å²) in [6.45, 7) is 2.08. The van der Waals surface area contributed by atoms with E-state index in [4.69, 9.17) is 0 Å². The van der Waals surface area contributed by atoms with Crippen LogP contribution in [-0.4, -0.2) is 6.29 Å². The Hall–Kier alpha value is -1.06. The molecule has 0 amide bonds. The average molecular weight is 307 g/mol. The molecule has 0 aliphatic carbocycles. The van der Waals surface area contributed by atoms with E-state index in [1.807, 2.05) is 24.3 Å². The maximum atomic E-state index is 10.7. The van der Waals surface area contributed by atoms with Gasteiger partial charge in [0, 0.05) is 19.8 Å². The summed E-state index contributed by atoms with van der Waals surface area (Å²) in [4.78, 5) is 13.0. The molecular weight excluding hydrogens is 296 g/mol. The normalized spacial score (nSPS) is 10.2. The van der Waals surface area contributed by atoms with Crippen molar-refractivity contribution in [2.45, 2.75) is 16.7 Å². The van der Waals surface area contributed by atoms with Crippen molar-refractivity contribution in [2.24, 2.45) is 0 Å². The molecule has 0 fully saturated rings. The van der Waals surface area contributed by atoms with E-state index in [2.05, 4.69) is 41.1 Å². The lowest BCUT2D eigenvalue weighted by molar-refractivity contribution is 0.112. The molecule has 0 aliphatic heterocycles. The molecule has 2 rings (SSSR count). The molecule has 0 saturated heterocycles. The summed E-state index contributed by atoms with van der Waals surface area (Å²) in [7, 11) is 0. The van der Waals surface area contributed by atoms with E-state index in [9.17, 15) is 4.79 Å². The number of aryl methyl sites for hydroxylation is 1. The van der Waals surface area contributed by atoms with Gasteiger partial charge in [0.1, 0.15) is 0 Å². The highest BCUT2D eigenvalue weighted by molar-refractivity contribution is 9.10. The predicted octanol–water partition coefficient (Wildman–Crippen LogP) is 4.72. The highest BCUT2D eigenvalue weighted by Crippen LogP contribution is 2.30. The number of carbonyl (C=O) groups excluding carboxylic acids is 1. The molecule has 2 aromatic rings. The first kappa shape index (κ1) is 12.4. The van der Waals surface area contributed by atoms with Crippen LogP contribution in [0.25, 0.3) is 0 Å². The second kappa shape index (κ2) is 5.52. The van der Waals surface area contributed by atoms with Gasteiger partial charge in [-0.2, -0.15) is 0 Å². The van der Waals surface area contributed by atoms with Crippen molar-refractivity contribution in [1.82, 2.24) is 0 Å². The molecule has 0 radical (unpaired) electrons. The fourth-order valence-electron chi connectivity index (χ4n) is 1.48. The summed E-state index contributed by atoms with van der Waals surface area (Å²) < 4.78 is 0.838. The molecular formula is C14H11BrOS. The average Bonchev–Trinajstić information content (AvgIpc) is 2.29. The van der Waals surface area contributed by atoms with E-state index in [-0.39, 0.29) is 0 Å². The highest BCUT2D eigenvalue weighted by Gasteiger charge is 2.02. The molecule has 2 aromatic carbocycles. The van der Waals surface area contributed by atoms with E-state index >= 15 is 0 Å². The number of hydrogen-bond donors (Lipinski definition) is 0. The Labute approximate surface area is 113 Å². The monoisotopic (exact) mass is 306 g/mol. The Morgan fingerprint density at radius 2 is 1.88 bits per heavy atom. The zero-order valence-corrected chi connectivity index (χ0v) is 11.7. The standard InChI is InChI=1S/C14H11BrOS/c1-10-3-2-4-12(7-10)17-13-6-5-11(9-16)14(15)8-13/h2-9H,1H3. The summed E-state index contributed by atoms with van der Waals surface area (Å²) in [6.07, 6.45) is 0.852. The lowest BCUT2D eigenvalue weighted by atomic mass is 10.2. The number of aldehydes is 1. The second-order valence-electron chi connectivity index (χ2n) is 3.72. The fourth-order valence-corrected chi connectivity index (χ4v) is 3.08. The molecule has 0 aromatic heterocycles. The van der Waals surface area contributed by atoms with Gasteiger partial charge in [-0.15, -0.1) is 0 Å². The molecule has 17 heavy (non-hydrogen) atoms. The maximum Gasteiger partial charge on any atom is 0.151 e. The number of benzene rings is 2. The van der Waals surface area contributed by atoms with Crippen molar-refractivity contribution in [3.63, 3.8) is 0 Å². The predicted molar refractivity (Wildman–Crippen MR) is 74.8 cm³/mol. The van der Waals surface area contributed by atoms with Gasteiger partial charge in [0.05, 0.1) is 0 Å². The Kier molecular flexibility index (Phi) is 4.02. The minimum absolute atomic E-state index is 0.679. The molecule has 0 atom stereocenters.